The molecule has 12 heteroatoms. The number of nitrogens with one attached hydrogen (secondary N) is 5. The molecule has 1 heterocycles. The Hall–Kier alpha value is -4.61. The quantitative estimate of drug-likeness (QED) is 0.108. The molecule has 12 nitrogen and oxygen atoms in total. The zero-order chi connectivity index (χ0) is 26.8. The van der Waals surface area contributed by atoms with Crippen LogP contribution in [0.3, 0.4) is 0 Å². The number of nitrogens with zero attached hydrogens (tertiary/aromatic N) is 2. The molecule has 0 aliphatic heterocycles. The molecule has 0 radical (unpaired) electrons. The number of unbranched alkanes of at least 4 members (excludes halogenated alkanes) is 1. The molecule has 0 bridgehead atoms. The highest BCUT2D eigenvalue weighted by atomic mass is 16.5. The number of guanidine groups is 2. The van der Waals surface area contributed by atoms with Gasteiger partial charge in [-0.1, -0.05) is 30.3 Å². The molecule has 1 aromatic heterocycles. The van der Waals surface area contributed by atoms with Crippen molar-refractivity contribution in [1.82, 2.24) is 25.9 Å². The first-order valence-corrected chi connectivity index (χ1v) is 12.0. The van der Waals surface area contributed by atoms with Crippen molar-refractivity contribution in [3.63, 3.8) is 0 Å². The van der Waals surface area contributed by atoms with E-state index in [0.717, 1.165) is 42.2 Å². The summed E-state index contributed by atoms with van der Waals surface area (Å²) in [7, 11) is 0. The van der Waals surface area contributed by atoms with Gasteiger partial charge in [0.2, 0.25) is 0 Å². The average Bonchev–Trinajstić information content (AvgIpc) is 2.86. The van der Waals surface area contributed by atoms with E-state index in [0.29, 0.717) is 25.4 Å². The summed E-state index contributed by atoms with van der Waals surface area (Å²) in [5.74, 6) is 0.119. The van der Waals surface area contributed by atoms with Crippen LogP contribution in [0.4, 0.5) is 11.6 Å². The zero-order valence-corrected chi connectivity index (χ0v) is 20.9. The summed E-state index contributed by atoms with van der Waals surface area (Å²) in [6.45, 7) is 3.26. The van der Waals surface area contributed by atoms with Crippen LogP contribution in [0, 0.1) is 17.7 Å². The number of hydrogen-bond acceptors (Lipinski definition) is 8. The van der Waals surface area contributed by atoms with Crippen molar-refractivity contribution in [3.8, 4) is 5.75 Å². The van der Waals surface area contributed by atoms with Gasteiger partial charge >= 0.3 is 0 Å². The second-order valence-electron chi connectivity index (χ2n) is 8.45. The molecule has 1 amide bonds. The number of carbonyl (C=O) groups excluding carboxylic acids is 1. The third-order valence-electron chi connectivity index (χ3n) is 5.63. The molecule has 0 aliphatic rings. The average molecular weight is 507 g/mol. The lowest BCUT2D eigenvalue weighted by Crippen LogP contribution is -2.41. The number of rotatable bonds is 11. The molecule has 196 valence electrons. The standard InChI is InChI=1S/C25H34N10O2/c1-15-21(26)34-22(27)20(33-15)23(36)35-25(30)32-12-5-4-7-16-10-11-19(18-9-3-2-8-17(16)18)37-14-6-13-31-24(28)29/h2-3,8-11H,4-7,12-14H2,1H3,(H4,26,27,34)(H4,28,29,31)(H3,30,32,35,36). The van der Waals surface area contributed by atoms with Crippen LogP contribution in [0.25, 0.3) is 10.8 Å². The number of aryl methyl sites for hydroxylation is 2. The normalized spacial score (nSPS) is 10.6. The predicted molar refractivity (Wildman–Crippen MR) is 146 cm³/mol. The fourth-order valence-corrected chi connectivity index (χ4v) is 3.74. The molecule has 3 rings (SSSR count). The third-order valence-corrected chi connectivity index (χ3v) is 5.63. The zero-order valence-electron chi connectivity index (χ0n) is 20.9. The van der Waals surface area contributed by atoms with Gasteiger partial charge in [0.15, 0.2) is 23.4 Å². The van der Waals surface area contributed by atoms with Gasteiger partial charge < -0.3 is 32.6 Å². The molecule has 0 saturated heterocycles. The van der Waals surface area contributed by atoms with Crippen LogP contribution in [0.15, 0.2) is 36.4 Å². The molecular weight excluding hydrogens is 472 g/mol. The molecule has 11 N–H and O–H groups in total. The lowest BCUT2D eigenvalue weighted by Gasteiger charge is -2.13. The van der Waals surface area contributed by atoms with E-state index in [1.54, 1.807) is 6.92 Å². The first-order valence-electron chi connectivity index (χ1n) is 12.0. The van der Waals surface area contributed by atoms with Gasteiger partial charge in [0.1, 0.15) is 11.6 Å². The Morgan fingerprint density at radius 1 is 0.946 bits per heavy atom. The number of ether oxygens (including phenoxy) is 1. The maximum Gasteiger partial charge on any atom is 0.280 e. The Balaban J connectivity index is 1.45. The topological polar surface area (TPSA) is 214 Å². The minimum absolute atomic E-state index is 0.0418. The van der Waals surface area contributed by atoms with Crippen molar-refractivity contribution in [2.45, 2.75) is 32.6 Å². The number of anilines is 2. The van der Waals surface area contributed by atoms with Crippen molar-refractivity contribution >= 4 is 40.2 Å². The van der Waals surface area contributed by atoms with Crippen LogP contribution in [0.5, 0.6) is 5.75 Å². The highest BCUT2D eigenvalue weighted by Gasteiger charge is 2.16. The monoisotopic (exact) mass is 506 g/mol. The van der Waals surface area contributed by atoms with Gasteiger partial charge in [0, 0.05) is 18.5 Å². The van der Waals surface area contributed by atoms with Crippen molar-refractivity contribution < 1.29 is 9.53 Å². The fourth-order valence-electron chi connectivity index (χ4n) is 3.74. The lowest BCUT2D eigenvalue weighted by atomic mass is 9.99. The van der Waals surface area contributed by atoms with Gasteiger partial charge in [-0.2, -0.15) is 0 Å². The van der Waals surface area contributed by atoms with Gasteiger partial charge in [0.05, 0.1) is 12.3 Å². The molecular formula is C25H34N10O2. The lowest BCUT2D eigenvalue weighted by molar-refractivity contribution is 0.0971. The summed E-state index contributed by atoms with van der Waals surface area (Å²) in [5, 5.41) is 25.5. The summed E-state index contributed by atoms with van der Waals surface area (Å²) < 4.78 is 5.97. The maximum absolute atomic E-state index is 12.3. The minimum Gasteiger partial charge on any atom is -0.493 e. The number of benzene rings is 2. The number of carbonyl (C=O) groups is 1. The summed E-state index contributed by atoms with van der Waals surface area (Å²) >= 11 is 0. The van der Waals surface area contributed by atoms with Crippen LogP contribution < -0.4 is 37.9 Å². The van der Waals surface area contributed by atoms with Crippen molar-refractivity contribution in [2.75, 3.05) is 31.2 Å². The highest BCUT2D eigenvalue weighted by Crippen LogP contribution is 2.29. The summed E-state index contributed by atoms with van der Waals surface area (Å²) in [6.07, 6.45) is 3.29. The first-order chi connectivity index (χ1) is 17.8. The molecule has 2 aromatic carbocycles. The van der Waals surface area contributed by atoms with E-state index in [4.69, 9.17) is 32.8 Å². The van der Waals surface area contributed by atoms with E-state index in [9.17, 15) is 4.79 Å². The molecule has 37 heavy (non-hydrogen) atoms. The minimum atomic E-state index is -0.616. The Bertz CT molecular complexity index is 1280. The van der Waals surface area contributed by atoms with E-state index < -0.39 is 5.91 Å². The second kappa shape index (κ2) is 12.9. The molecule has 0 aliphatic carbocycles. The highest BCUT2D eigenvalue weighted by molar-refractivity contribution is 6.06. The first kappa shape index (κ1) is 27.0. The third kappa shape index (κ3) is 7.69. The predicted octanol–water partition coefficient (Wildman–Crippen LogP) is 1.63. The van der Waals surface area contributed by atoms with E-state index >= 15 is 0 Å². The molecule has 0 unspecified atom stereocenters. The van der Waals surface area contributed by atoms with E-state index in [-0.39, 0.29) is 29.2 Å². The van der Waals surface area contributed by atoms with Crippen LogP contribution >= 0.6 is 0 Å². The Kier molecular flexibility index (Phi) is 9.41. The van der Waals surface area contributed by atoms with Gasteiger partial charge in [0.25, 0.3) is 5.91 Å². The molecule has 0 spiro atoms. The maximum atomic E-state index is 12.3. The molecule has 0 saturated carbocycles. The number of aromatic nitrogens is 2. The van der Waals surface area contributed by atoms with Crippen molar-refractivity contribution in [3.05, 3.63) is 53.3 Å². The number of hydrogen-bond donors (Lipinski definition) is 8. The van der Waals surface area contributed by atoms with Crippen LogP contribution in [-0.2, 0) is 6.42 Å². The van der Waals surface area contributed by atoms with E-state index in [1.165, 1.54) is 5.56 Å². The molecule has 0 fully saturated rings. The second-order valence-corrected chi connectivity index (χ2v) is 8.45. The number of nitrogens with two attached hydrogens (primary N) is 3. The summed E-state index contributed by atoms with van der Waals surface area (Å²) in [4.78, 5) is 20.3. The van der Waals surface area contributed by atoms with Gasteiger partial charge in [-0.05, 0) is 49.6 Å². The van der Waals surface area contributed by atoms with Gasteiger partial charge in [-0.3, -0.25) is 20.9 Å². The largest absolute Gasteiger partial charge is 0.493 e. The van der Waals surface area contributed by atoms with Crippen molar-refractivity contribution in [2.24, 2.45) is 5.73 Å². The van der Waals surface area contributed by atoms with Crippen LogP contribution in [0.1, 0.15) is 41.0 Å². The molecule has 0 atom stereocenters. The van der Waals surface area contributed by atoms with Crippen molar-refractivity contribution in [1.29, 1.82) is 10.8 Å². The van der Waals surface area contributed by atoms with Gasteiger partial charge in [-0.25, -0.2) is 9.97 Å². The number of nitrogen functional groups attached to an aromatic ring is 2. The van der Waals surface area contributed by atoms with Gasteiger partial charge in [-0.15, -0.1) is 0 Å². The Morgan fingerprint density at radius 2 is 1.68 bits per heavy atom. The Morgan fingerprint density at radius 3 is 2.43 bits per heavy atom. The van der Waals surface area contributed by atoms with Crippen LogP contribution in [-0.4, -0.2) is 47.5 Å². The van der Waals surface area contributed by atoms with Crippen LogP contribution in [0.2, 0.25) is 0 Å². The number of amides is 1. The number of fused-ring (bicyclic) bond motifs is 1. The summed E-state index contributed by atoms with van der Waals surface area (Å²) in [6, 6.07) is 12.2. The molecule has 3 aromatic rings. The summed E-state index contributed by atoms with van der Waals surface area (Å²) in [5.41, 5.74) is 18.2. The van der Waals surface area contributed by atoms with E-state index in [1.807, 2.05) is 24.3 Å². The Labute approximate surface area is 215 Å². The SMILES string of the molecule is Cc1nc(C(=O)NC(=N)NCCCCc2ccc(OCCCNC(=N)N)c3ccccc23)c(N)nc1N. The fraction of sp³-hybridized carbons (Fsp3) is 0.320. The smallest absolute Gasteiger partial charge is 0.280 e. The van der Waals surface area contributed by atoms with E-state index in [2.05, 4.69) is 38.1 Å².